The highest BCUT2D eigenvalue weighted by Gasteiger charge is 2.20. The van der Waals surface area contributed by atoms with Crippen molar-refractivity contribution in [3.63, 3.8) is 0 Å². The van der Waals surface area contributed by atoms with Crippen molar-refractivity contribution in [2.45, 2.75) is 32.3 Å². The van der Waals surface area contributed by atoms with Crippen LogP contribution in [0, 0.1) is 5.92 Å². The van der Waals surface area contributed by atoms with E-state index in [1.165, 1.54) is 5.56 Å². The van der Waals surface area contributed by atoms with Crippen LogP contribution < -0.4 is 5.32 Å². The second-order valence-corrected chi connectivity index (χ2v) is 6.62. The Bertz CT molecular complexity index is 566. The molecular formula is C18H23NO2S. The molecule has 22 heavy (non-hydrogen) atoms. The molecule has 2 atom stereocenters. The van der Waals surface area contributed by atoms with Crippen LogP contribution in [0.4, 0.5) is 0 Å². The summed E-state index contributed by atoms with van der Waals surface area (Å²) in [6.45, 7) is 4.52. The van der Waals surface area contributed by atoms with Crippen molar-refractivity contribution < 1.29 is 9.90 Å². The summed E-state index contributed by atoms with van der Waals surface area (Å²) >= 11 is 1.54. The molecule has 0 radical (unpaired) electrons. The Morgan fingerprint density at radius 1 is 1.18 bits per heavy atom. The largest absolute Gasteiger partial charge is 0.387 e. The summed E-state index contributed by atoms with van der Waals surface area (Å²) in [6, 6.07) is 12.0. The van der Waals surface area contributed by atoms with Crippen LogP contribution in [0.25, 0.3) is 0 Å². The van der Waals surface area contributed by atoms with Crippen LogP contribution in [0.2, 0.25) is 0 Å². The molecule has 4 heteroatoms. The molecule has 0 fully saturated rings. The Balaban J connectivity index is 1.89. The summed E-state index contributed by atoms with van der Waals surface area (Å²) in [5.74, 6) is 0.561. The second-order valence-electron chi connectivity index (χ2n) is 5.84. The lowest BCUT2D eigenvalue weighted by Gasteiger charge is -2.21. The lowest BCUT2D eigenvalue weighted by atomic mass is 9.85. The fourth-order valence-corrected chi connectivity index (χ4v) is 3.21. The summed E-state index contributed by atoms with van der Waals surface area (Å²) in [5.41, 5.74) is 2.04. The number of rotatable bonds is 7. The normalized spacial score (nSPS) is 13.8. The van der Waals surface area contributed by atoms with E-state index in [4.69, 9.17) is 0 Å². The van der Waals surface area contributed by atoms with E-state index in [1.807, 2.05) is 35.0 Å². The number of hydrogen-bond acceptors (Lipinski definition) is 3. The smallest absolute Gasteiger partial charge is 0.220 e. The quantitative estimate of drug-likeness (QED) is 0.817. The van der Waals surface area contributed by atoms with Crippen LogP contribution in [0.1, 0.15) is 43.4 Å². The van der Waals surface area contributed by atoms with Crippen LogP contribution in [-0.4, -0.2) is 17.6 Å². The standard InChI is InChI=1S/C18H23NO2S/c1-13(2)16(14-6-4-3-5-7-14)10-18(21)19-11-17(20)15-8-9-22-12-15/h3-9,12-13,16-17,20H,10-11H2,1-2H3,(H,19,21). The van der Waals surface area contributed by atoms with E-state index < -0.39 is 6.10 Å². The molecule has 2 N–H and O–H groups in total. The highest BCUT2D eigenvalue weighted by molar-refractivity contribution is 7.07. The minimum absolute atomic E-state index is 0.0168. The summed E-state index contributed by atoms with van der Waals surface area (Å²) in [4.78, 5) is 12.2. The lowest BCUT2D eigenvalue weighted by Crippen LogP contribution is -2.30. The van der Waals surface area contributed by atoms with Gasteiger partial charge in [0.1, 0.15) is 0 Å². The molecule has 1 amide bonds. The van der Waals surface area contributed by atoms with E-state index in [2.05, 4.69) is 31.3 Å². The van der Waals surface area contributed by atoms with Crippen molar-refractivity contribution in [1.82, 2.24) is 5.32 Å². The molecule has 0 spiro atoms. The molecule has 118 valence electrons. The van der Waals surface area contributed by atoms with Gasteiger partial charge in [0.05, 0.1) is 6.10 Å². The average molecular weight is 317 g/mol. The van der Waals surface area contributed by atoms with E-state index in [1.54, 1.807) is 11.3 Å². The molecule has 2 aromatic rings. The summed E-state index contributed by atoms with van der Waals surface area (Å²) in [5, 5.41) is 16.7. The summed E-state index contributed by atoms with van der Waals surface area (Å²) < 4.78 is 0. The molecule has 0 saturated heterocycles. The van der Waals surface area contributed by atoms with Gasteiger partial charge in [0.2, 0.25) is 5.91 Å². The number of aliphatic hydroxyl groups excluding tert-OH is 1. The van der Waals surface area contributed by atoms with E-state index in [9.17, 15) is 9.90 Å². The van der Waals surface area contributed by atoms with Crippen molar-refractivity contribution in [2.75, 3.05) is 6.54 Å². The number of carbonyl (C=O) groups excluding carboxylic acids is 1. The maximum absolute atomic E-state index is 12.2. The highest BCUT2D eigenvalue weighted by Crippen LogP contribution is 2.27. The van der Waals surface area contributed by atoms with E-state index in [-0.39, 0.29) is 18.4 Å². The van der Waals surface area contributed by atoms with Gasteiger partial charge in [0, 0.05) is 13.0 Å². The van der Waals surface area contributed by atoms with Crippen LogP contribution in [-0.2, 0) is 4.79 Å². The summed E-state index contributed by atoms with van der Waals surface area (Å²) in [7, 11) is 0. The van der Waals surface area contributed by atoms with Crippen LogP contribution in [0.15, 0.2) is 47.2 Å². The van der Waals surface area contributed by atoms with Crippen LogP contribution >= 0.6 is 11.3 Å². The van der Waals surface area contributed by atoms with Gasteiger partial charge >= 0.3 is 0 Å². The number of aliphatic hydroxyl groups is 1. The first-order valence-electron chi connectivity index (χ1n) is 7.59. The predicted octanol–water partition coefficient (Wildman–Crippen LogP) is 3.73. The third kappa shape index (κ3) is 4.68. The van der Waals surface area contributed by atoms with Crippen molar-refractivity contribution >= 4 is 17.2 Å². The Kier molecular flexibility index (Phi) is 6.16. The molecule has 0 saturated carbocycles. The number of benzene rings is 1. The van der Waals surface area contributed by atoms with E-state index in [0.29, 0.717) is 12.3 Å². The molecule has 2 unspecified atom stereocenters. The predicted molar refractivity (Wildman–Crippen MR) is 90.9 cm³/mol. The van der Waals surface area contributed by atoms with Gasteiger partial charge in [0.25, 0.3) is 0 Å². The maximum atomic E-state index is 12.2. The Hall–Kier alpha value is -1.65. The van der Waals surface area contributed by atoms with Crippen molar-refractivity contribution in [2.24, 2.45) is 5.92 Å². The van der Waals surface area contributed by atoms with E-state index in [0.717, 1.165) is 5.56 Å². The number of nitrogens with one attached hydrogen (secondary N) is 1. The molecule has 3 nitrogen and oxygen atoms in total. The SMILES string of the molecule is CC(C)C(CC(=O)NCC(O)c1ccsc1)c1ccccc1. The number of carbonyl (C=O) groups is 1. The maximum Gasteiger partial charge on any atom is 0.220 e. The zero-order valence-corrected chi connectivity index (χ0v) is 13.8. The molecule has 0 bridgehead atoms. The topological polar surface area (TPSA) is 49.3 Å². The van der Waals surface area contributed by atoms with Gasteiger partial charge < -0.3 is 10.4 Å². The van der Waals surface area contributed by atoms with Gasteiger partial charge in [-0.05, 0) is 39.8 Å². The number of hydrogen-bond donors (Lipinski definition) is 2. The zero-order chi connectivity index (χ0) is 15.9. The molecule has 0 aliphatic heterocycles. The third-order valence-corrected chi connectivity index (χ3v) is 4.56. The molecular weight excluding hydrogens is 294 g/mol. The first-order chi connectivity index (χ1) is 10.6. The Morgan fingerprint density at radius 3 is 2.50 bits per heavy atom. The van der Waals surface area contributed by atoms with Gasteiger partial charge in [-0.3, -0.25) is 4.79 Å². The molecule has 0 aliphatic carbocycles. The monoisotopic (exact) mass is 317 g/mol. The van der Waals surface area contributed by atoms with Gasteiger partial charge in [-0.15, -0.1) is 0 Å². The van der Waals surface area contributed by atoms with Gasteiger partial charge in [-0.1, -0.05) is 44.2 Å². The van der Waals surface area contributed by atoms with Crippen LogP contribution in [0.5, 0.6) is 0 Å². The first kappa shape index (κ1) is 16.7. The molecule has 0 aliphatic rings. The van der Waals surface area contributed by atoms with Gasteiger partial charge in [-0.2, -0.15) is 11.3 Å². The zero-order valence-electron chi connectivity index (χ0n) is 13.0. The Morgan fingerprint density at radius 2 is 1.91 bits per heavy atom. The minimum atomic E-state index is -0.635. The second kappa shape index (κ2) is 8.11. The average Bonchev–Trinajstić information content (AvgIpc) is 3.05. The van der Waals surface area contributed by atoms with Crippen molar-refractivity contribution in [3.05, 3.63) is 58.3 Å². The first-order valence-corrected chi connectivity index (χ1v) is 8.54. The molecule has 1 aromatic heterocycles. The minimum Gasteiger partial charge on any atom is -0.387 e. The molecule has 2 rings (SSSR count). The summed E-state index contributed by atoms with van der Waals surface area (Å²) in [6.07, 6.45) is -0.192. The fraction of sp³-hybridized carbons (Fsp3) is 0.389. The third-order valence-electron chi connectivity index (χ3n) is 3.86. The van der Waals surface area contributed by atoms with Gasteiger partial charge in [-0.25, -0.2) is 0 Å². The molecule has 1 aromatic carbocycles. The lowest BCUT2D eigenvalue weighted by molar-refractivity contribution is -0.122. The van der Waals surface area contributed by atoms with Crippen molar-refractivity contribution in [1.29, 1.82) is 0 Å². The number of thiophene rings is 1. The Labute approximate surface area is 136 Å². The number of amides is 1. The molecule has 1 heterocycles. The van der Waals surface area contributed by atoms with Crippen molar-refractivity contribution in [3.8, 4) is 0 Å². The van der Waals surface area contributed by atoms with Gasteiger partial charge in [0.15, 0.2) is 0 Å². The fourth-order valence-electron chi connectivity index (χ4n) is 2.50. The van der Waals surface area contributed by atoms with Crippen LogP contribution in [0.3, 0.4) is 0 Å². The highest BCUT2D eigenvalue weighted by atomic mass is 32.1. The van der Waals surface area contributed by atoms with E-state index >= 15 is 0 Å².